The number of nitrogens with zero attached hydrogens (tertiary/aromatic N) is 1. The molecular formula is C19H27NO6. The first-order valence-corrected chi connectivity index (χ1v) is 8.70. The van der Waals surface area contributed by atoms with Crippen molar-refractivity contribution in [2.24, 2.45) is 5.92 Å². The summed E-state index contributed by atoms with van der Waals surface area (Å²) in [6.45, 7) is 3.15. The van der Waals surface area contributed by atoms with Crippen molar-refractivity contribution in [3.05, 3.63) is 23.8 Å². The monoisotopic (exact) mass is 365 g/mol. The van der Waals surface area contributed by atoms with Gasteiger partial charge in [0.1, 0.15) is 0 Å². The van der Waals surface area contributed by atoms with Crippen molar-refractivity contribution in [2.45, 2.75) is 25.9 Å². The number of hydrogen-bond donors (Lipinski definition) is 0. The number of rotatable bonds is 8. The van der Waals surface area contributed by atoms with Gasteiger partial charge in [-0.15, -0.1) is 0 Å². The topological polar surface area (TPSA) is 74.3 Å². The zero-order chi connectivity index (χ0) is 19.1. The summed E-state index contributed by atoms with van der Waals surface area (Å²) in [5.74, 6) is 0.0826. The third-order valence-corrected chi connectivity index (χ3v) is 4.46. The molecule has 0 saturated carbocycles. The number of esters is 1. The molecule has 0 spiro atoms. The molecule has 7 nitrogen and oxygen atoms in total. The van der Waals surface area contributed by atoms with Crippen LogP contribution in [0.1, 0.15) is 30.1 Å². The maximum atomic E-state index is 13.1. The number of hydrogen-bond acceptors (Lipinski definition) is 6. The summed E-state index contributed by atoms with van der Waals surface area (Å²) in [6, 6.07) is 5.03. The maximum absolute atomic E-state index is 13.1. The minimum atomic E-state index is -0.425. The van der Waals surface area contributed by atoms with Crippen LogP contribution in [0.2, 0.25) is 0 Å². The Kier molecular flexibility index (Phi) is 7.26. The highest BCUT2D eigenvalue weighted by Gasteiger charge is 2.27. The van der Waals surface area contributed by atoms with Gasteiger partial charge in [-0.2, -0.15) is 0 Å². The predicted octanol–water partition coefficient (Wildman–Crippen LogP) is 2.13. The highest BCUT2D eigenvalue weighted by atomic mass is 16.5. The van der Waals surface area contributed by atoms with Gasteiger partial charge in [0.25, 0.3) is 5.91 Å². The Morgan fingerprint density at radius 3 is 2.54 bits per heavy atom. The van der Waals surface area contributed by atoms with Crippen molar-refractivity contribution in [3.8, 4) is 11.5 Å². The van der Waals surface area contributed by atoms with E-state index in [2.05, 4.69) is 0 Å². The summed E-state index contributed by atoms with van der Waals surface area (Å²) in [4.78, 5) is 26.5. The van der Waals surface area contributed by atoms with Crippen LogP contribution in [0.15, 0.2) is 18.2 Å². The largest absolute Gasteiger partial charge is 0.493 e. The Morgan fingerprint density at radius 1 is 1.23 bits per heavy atom. The minimum absolute atomic E-state index is 0.0102. The van der Waals surface area contributed by atoms with E-state index in [-0.39, 0.29) is 24.5 Å². The van der Waals surface area contributed by atoms with Crippen molar-refractivity contribution in [1.29, 1.82) is 0 Å². The molecule has 0 bridgehead atoms. The molecule has 1 saturated heterocycles. The van der Waals surface area contributed by atoms with Crippen LogP contribution >= 0.6 is 0 Å². The van der Waals surface area contributed by atoms with Gasteiger partial charge in [-0.3, -0.25) is 9.59 Å². The molecular weight excluding hydrogens is 338 g/mol. The van der Waals surface area contributed by atoms with E-state index in [1.807, 2.05) is 0 Å². The van der Waals surface area contributed by atoms with E-state index in [1.54, 1.807) is 37.1 Å². The second-order valence-electron chi connectivity index (χ2n) is 6.34. The molecule has 1 aromatic rings. The third kappa shape index (κ3) is 4.88. The summed E-state index contributed by atoms with van der Waals surface area (Å²) in [5.41, 5.74) is 0.470. The van der Waals surface area contributed by atoms with Gasteiger partial charge in [-0.25, -0.2) is 0 Å². The van der Waals surface area contributed by atoms with Gasteiger partial charge in [0, 0.05) is 25.3 Å². The third-order valence-electron chi connectivity index (χ3n) is 4.46. The molecule has 1 heterocycles. The molecule has 26 heavy (non-hydrogen) atoms. The SMILES string of the molecule is COC(=O)C(C)CN(CC1CCCO1)C(=O)c1ccc(OC)c(OC)c1. The second kappa shape index (κ2) is 9.43. The van der Waals surface area contributed by atoms with Gasteiger partial charge in [-0.05, 0) is 31.0 Å². The van der Waals surface area contributed by atoms with E-state index < -0.39 is 5.92 Å². The minimum Gasteiger partial charge on any atom is -0.493 e. The first-order chi connectivity index (χ1) is 12.5. The van der Waals surface area contributed by atoms with Gasteiger partial charge in [0.2, 0.25) is 0 Å². The normalized spacial score (nSPS) is 17.5. The molecule has 2 unspecified atom stereocenters. The summed E-state index contributed by atoms with van der Waals surface area (Å²) in [6.07, 6.45) is 1.88. The predicted molar refractivity (Wildman–Crippen MR) is 95.6 cm³/mol. The Bertz CT molecular complexity index is 626. The molecule has 2 rings (SSSR count). The summed E-state index contributed by atoms with van der Waals surface area (Å²) in [5, 5.41) is 0. The van der Waals surface area contributed by atoms with Crippen molar-refractivity contribution in [1.82, 2.24) is 4.90 Å². The highest BCUT2D eigenvalue weighted by Crippen LogP contribution is 2.28. The number of benzene rings is 1. The molecule has 0 aromatic heterocycles. The Hall–Kier alpha value is -2.28. The second-order valence-corrected chi connectivity index (χ2v) is 6.34. The highest BCUT2D eigenvalue weighted by molar-refractivity contribution is 5.95. The van der Waals surface area contributed by atoms with E-state index >= 15 is 0 Å². The Labute approximate surface area is 154 Å². The Morgan fingerprint density at radius 2 is 1.96 bits per heavy atom. The molecule has 7 heteroatoms. The number of carbonyl (C=O) groups is 2. The van der Waals surface area contributed by atoms with Crippen LogP contribution in [0.25, 0.3) is 0 Å². The van der Waals surface area contributed by atoms with Crippen molar-refractivity contribution in [2.75, 3.05) is 41.0 Å². The van der Waals surface area contributed by atoms with Crippen LogP contribution in [-0.2, 0) is 14.3 Å². The van der Waals surface area contributed by atoms with E-state index in [1.165, 1.54) is 14.2 Å². The average molecular weight is 365 g/mol. The summed E-state index contributed by atoms with van der Waals surface area (Å²) in [7, 11) is 4.41. The molecule has 0 radical (unpaired) electrons. The molecule has 0 N–H and O–H groups in total. The molecule has 0 aliphatic carbocycles. The molecule has 1 aromatic carbocycles. The fraction of sp³-hybridized carbons (Fsp3) is 0.579. The average Bonchev–Trinajstić information content (AvgIpc) is 3.18. The molecule has 1 fully saturated rings. The molecule has 1 amide bonds. The fourth-order valence-electron chi connectivity index (χ4n) is 3.03. The molecule has 1 aliphatic heterocycles. The quantitative estimate of drug-likeness (QED) is 0.657. The Balaban J connectivity index is 2.21. The van der Waals surface area contributed by atoms with E-state index in [0.29, 0.717) is 30.2 Å². The van der Waals surface area contributed by atoms with Crippen LogP contribution in [0, 0.1) is 5.92 Å². The van der Waals surface area contributed by atoms with Crippen LogP contribution in [0.4, 0.5) is 0 Å². The smallest absolute Gasteiger partial charge is 0.310 e. The van der Waals surface area contributed by atoms with Crippen molar-refractivity contribution < 1.29 is 28.5 Å². The van der Waals surface area contributed by atoms with Crippen LogP contribution in [0.3, 0.4) is 0 Å². The lowest BCUT2D eigenvalue weighted by Crippen LogP contribution is -2.41. The van der Waals surface area contributed by atoms with E-state index in [0.717, 1.165) is 12.8 Å². The van der Waals surface area contributed by atoms with Gasteiger partial charge in [0.05, 0.1) is 33.4 Å². The first kappa shape index (κ1) is 20.0. The van der Waals surface area contributed by atoms with Crippen LogP contribution in [-0.4, -0.2) is 63.9 Å². The van der Waals surface area contributed by atoms with Crippen LogP contribution in [0.5, 0.6) is 11.5 Å². The zero-order valence-electron chi connectivity index (χ0n) is 15.8. The summed E-state index contributed by atoms with van der Waals surface area (Å²) >= 11 is 0. The number of ether oxygens (including phenoxy) is 4. The van der Waals surface area contributed by atoms with Gasteiger partial charge in [0.15, 0.2) is 11.5 Å². The van der Waals surface area contributed by atoms with E-state index in [4.69, 9.17) is 18.9 Å². The van der Waals surface area contributed by atoms with Gasteiger partial charge >= 0.3 is 5.97 Å². The lowest BCUT2D eigenvalue weighted by molar-refractivity contribution is -0.145. The summed E-state index contributed by atoms with van der Waals surface area (Å²) < 4.78 is 21.0. The lowest BCUT2D eigenvalue weighted by atomic mass is 10.1. The number of methoxy groups -OCH3 is 3. The number of carbonyl (C=O) groups excluding carboxylic acids is 2. The standard InChI is InChI=1S/C19H27NO6/c1-13(19(22)25-4)11-20(12-15-6-5-9-26-15)18(21)14-7-8-16(23-2)17(10-14)24-3/h7-8,10,13,15H,5-6,9,11-12H2,1-4H3. The van der Waals surface area contributed by atoms with Gasteiger partial charge in [-0.1, -0.05) is 6.92 Å². The van der Waals surface area contributed by atoms with Crippen molar-refractivity contribution >= 4 is 11.9 Å². The first-order valence-electron chi connectivity index (χ1n) is 8.70. The fourth-order valence-corrected chi connectivity index (χ4v) is 3.03. The van der Waals surface area contributed by atoms with Crippen LogP contribution < -0.4 is 9.47 Å². The molecule has 1 aliphatic rings. The van der Waals surface area contributed by atoms with E-state index in [9.17, 15) is 9.59 Å². The molecule has 144 valence electrons. The zero-order valence-corrected chi connectivity index (χ0v) is 15.8. The maximum Gasteiger partial charge on any atom is 0.310 e. The lowest BCUT2D eigenvalue weighted by Gasteiger charge is -2.27. The molecule has 2 atom stereocenters. The van der Waals surface area contributed by atoms with Crippen molar-refractivity contribution in [3.63, 3.8) is 0 Å². The number of amides is 1. The van der Waals surface area contributed by atoms with Gasteiger partial charge < -0.3 is 23.8 Å².